The summed E-state index contributed by atoms with van der Waals surface area (Å²) in [4.78, 5) is 25.0. The zero-order valence-electron chi connectivity index (χ0n) is 40.3. The van der Waals surface area contributed by atoms with Gasteiger partial charge in [0, 0.05) is 12.8 Å². The zero-order chi connectivity index (χ0) is 46.0. The SMILES string of the molecule is CCCCCCCCCCC/C=C/C(O)C(COC1OC(CO)C(O)C(O)C1O)NC(=O)CCCCC/C=C\CCCCCCCCOC(=O)CCCCCCCCCCCCC. The molecular formula is C52H97NO10. The number of hydrogen-bond acceptors (Lipinski definition) is 10. The summed E-state index contributed by atoms with van der Waals surface area (Å²) >= 11 is 0. The average molecular weight is 896 g/mol. The largest absolute Gasteiger partial charge is 0.466 e. The van der Waals surface area contributed by atoms with Crippen molar-refractivity contribution < 1.29 is 49.3 Å². The molecule has 63 heavy (non-hydrogen) atoms. The van der Waals surface area contributed by atoms with Gasteiger partial charge in [0.15, 0.2) is 6.29 Å². The van der Waals surface area contributed by atoms with Crippen LogP contribution in [0.25, 0.3) is 0 Å². The van der Waals surface area contributed by atoms with Crippen molar-refractivity contribution in [2.75, 3.05) is 19.8 Å². The van der Waals surface area contributed by atoms with E-state index in [1.165, 1.54) is 128 Å². The molecule has 0 bridgehead atoms. The number of aliphatic hydroxyl groups is 5. The van der Waals surface area contributed by atoms with Crippen LogP contribution in [0.5, 0.6) is 0 Å². The Morgan fingerprint density at radius 1 is 0.571 bits per heavy atom. The minimum Gasteiger partial charge on any atom is -0.466 e. The Morgan fingerprint density at radius 3 is 1.54 bits per heavy atom. The Kier molecular flexibility index (Phi) is 40.1. The lowest BCUT2D eigenvalue weighted by atomic mass is 9.99. The second kappa shape index (κ2) is 42.8. The number of aliphatic hydroxyl groups excluding tert-OH is 5. The number of esters is 1. The molecule has 1 heterocycles. The van der Waals surface area contributed by atoms with Gasteiger partial charge in [-0.15, -0.1) is 0 Å². The van der Waals surface area contributed by atoms with Gasteiger partial charge in [-0.2, -0.15) is 0 Å². The monoisotopic (exact) mass is 896 g/mol. The third-order valence-electron chi connectivity index (χ3n) is 12.3. The lowest BCUT2D eigenvalue weighted by Gasteiger charge is -2.40. The molecule has 0 aromatic heterocycles. The molecule has 0 aromatic carbocycles. The van der Waals surface area contributed by atoms with Crippen molar-refractivity contribution in [3.8, 4) is 0 Å². The highest BCUT2D eigenvalue weighted by atomic mass is 16.7. The van der Waals surface area contributed by atoms with Gasteiger partial charge in [0.05, 0.1) is 32.0 Å². The number of hydrogen-bond donors (Lipinski definition) is 6. The summed E-state index contributed by atoms with van der Waals surface area (Å²) in [6, 6.07) is -0.828. The molecule has 0 saturated carbocycles. The fraction of sp³-hybridized carbons (Fsp3) is 0.885. The van der Waals surface area contributed by atoms with Crippen molar-refractivity contribution in [1.82, 2.24) is 5.32 Å². The zero-order valence-corrected chi connectivity index (χ0v) is 40.3. The molecular weight excluding hydrogens is 799 g/mol. The van der Waals surface area contributed by atoms with Crippen LogP contribution < -0.4 is 5.32 Å². The average Bonchev–Trinajstić information content (AvgIpc) is 3.28. The topological polar surface area (TPSA) is 175 Å². The molecule has 0 spiro atoms. The van der Waals surface area contributed by atoms with Gasteiger partial charge >= 0.3 is 5.97 Å². The smallest absolute Gasteiger partial charge is 0.305 e. The second-order valence-corrected chi connectivity index (χ2v) is 18.2. The van der Waals surface area contributed by atoms with E-state index in [-0.39, 0.29) is 18.5 Å². The maximum atomic E-state index is 13.0. The van der Waals surface area contributed by atoms with Crippen LogP contribution in [0.4, 0.5) is 0 Å². The molecule has 1 saturated heterocycles. The van der Waals surface area contributed by atoms with Gasteiger partial charge in [-0.1, -0.05) is 186 Å². The number of nitrogens with one attached hydrogen (secondary N) is 1. The molecule has 7 atom stereocenters. The van der Waals surface area contributed by atoms with E-state index in [1.54, 1.807) is 6.08 Å². The Balaban J connectivity index is 2.20. The molecule has 1 aliphatic heterocycles. The summed E-state index contributed by atoms with van der Waals surface area (Å²) in [7, 11) is 0. The van der Waals surface area contributed by atoms with Crippen molar-refractivity contribution in [3.05, 3.63) is 24.3 Å². The third kappa shape index (κ3) is 33.3. The van der Waals surface area contributed by atoms with Crippen molar-refractivity contribution in [2.45, 2.75) is 275 Å². The van der Waals surface area contributed by atoms with Gasteiger partial charge < -0.3 is 45.1 Å². The van der Waals surface area contributed by atoms with Gasteiger partial charge in [-0.25, -0.2) is 0 Å². The fourth-order valence-corrected chi connectivity index (χ4v) is 8.07. The number of amides is 1. The highest BCUT2D eigenvalue weighted by Crippen LogP contribution is 2.23. The molecule has 0 aromatic rings. The number of unbranched alkanes of at least 4 members (excludes halogenated alkanes) is 28. The molecule has 11 nitrogen and oxygen atoms in total. The predicted molar refractivity (Wildman–Crippen MR) is 255 cm³/mol. The highest BCUT2D eigenvalue weighted by molar-refractivity contribution is 5.76. The van der Waals surface area contributed by atoms with Crippen molar-refractivity contribution in [3.63, 3.8) is 0 Å². The number of carbonyl (C=O) groups is 2. The summed E-state index contributed by atoms with van der Waals surface area (Å²) in [5, 5.41) is 54.2. The first-order valence-electron chi connectivity index (χ1n) is 26.1. The Bertz CT molecular complexity index is 1100. The fourth-order valence-electron chi connectivity index (χ4n) is 8.07. The summed E-state index contributed by atoms with van der Waals surface area (Å²) in [6.45, 7) is 4.25. The van der Waals surface area contributed by atoms with Crippen LogP contribution in [0, 0.1) is 0 Å². The Hall–Kier alpha value is -1.86. The van der Waals surface area contributed by atoms with Crippen LogP contribution in [0.15, 0.2) is 24.3 Å². The lowest BCUT2D eigenvalue weighted by Crippen LogP contribution is -2.60. The van der Waals surface area contributed by atoms with E-state index in [0.717, 1.165) is 70.6 Å². The van der Waals surface area contributed by atoms with Gasteiger partial charge in [0.25, 0.3) is 0 Å². The quantitative estimate of drug-likeness (QED) is 0.0196. The number of rotatable bonds is 44. The molecule has 1 aliphatic rings. The maximum absolute atomic E-state index is 13.0. The molecule has 0 radical (unpaired) electrons. The van der Waals surface area contributed by atoms with Gasteiger partial charge in [-0.05, 0) is 57.8 Å². The number of ether oxygens (including phenoxy) is 3. The number of carbonyl (C=O) groups excluding carboxylic acids is 2. The van der Waals surface area contributed by atoms with Gasteiger partial charge in [-0.3, -0.25) is 9.59 Å². The van der Waals surface area contributed by atoms with Crippen LogP contribution in [0.1, 0.15) is 232 Å². The van der Waals surface area contributed by atoms with Crippen LogP contribution in [0.3, 0.4) is 0 Å². The minimum absolute atomic E-state index is 0.0356. The predicted octanol–water partition coefficient (Wildman–Crippen LogP) is 10.6. The van der Waals surface area contributed by atoms with Crippen LogP contribution in [-0.4, -0.2) is 100 Å². The standard InChI is InChI=1S/C52H97NO10/c1-3-5-7-9-11-13-18-22-26-30-34-38-45(55)44(43-62-52-51(60)50(59)49(58)46(42-54)63-52)53-47(56)39-35-31-27-23-20-16-15-17-21-25-29-33-37-41-61-48(57)40-36-32-28-24-19-14-12-10-8-6-4-2/h16,20,34,38,44-46,49-52,54-55,58-60H,3-15,17-19,21-33,35-37,39-43H2,1-2H3,(H,53,56)/b20-16-,38-34+. The number of allylic oxidation sites excluding steroid dienone is 3. The first kappa shape index (κ1) is 59.2. The van der Waals surface area contributed by atoms with Crippen molar-refractivity contribution >= 4 is 11.9 Å². The van der Waals surface area contributed by atoms with Gasteiger partial charge in [0.1, 0.15) is 24.4 Å². The molecule has 6 N–H and O–H groups in total. The summed E-state index contributed by atoms with van der Waals surface area (Å²) in [6.07, 6.45) is 38.2. The van der Waals surface area contributed by atoms with E-state index in [2.05, 4.69) is 31.3 Å². The summed E-state index contributed by atoms with van der Waals surface area (Å²) in [5.74, 6) is -0.248. The molecule has 11 heteroatoms. The molecule has 1 fully saturated rings. The molecule has 370 valence electrons. The Morgan fingerprint density at radius 2 is 1.02 bits per heavy atom. The molecule has 0 aliphatic carbocycles. The van der Waals surface area contributed by atoms with Gasteiger partial charge in [0.2, 0.25) is 5.91 Å². The van der Waals surface area contributed by atoms with E-state index in [1.807, 2.05) is 6.08 Å². The van der Waals surface area contributed by atoms with Crippen molar-refractivity contribution in [2.24, 2.45) is 0 Å². The van der Waals surface area contributed by atoms with Crippen LogP contribution >= 0.6 is 0 Å². The van der Waals surface area contributed by atoms with E-state index in [0.29, 0.717) is 25.9 Å². The van der Waals surface area contributed by atoms with E-state index in [9.17, 15) is 35.1 Å². The van der Waals surface area contributed by atoms with Crippen molar-refractivity contribution in [1.29, 1.82) is 0 Å². The van der Waals surface area contributed by atoms with Crippen LogP contribution in [-0.2, 0) is 23.8 Å². The lowest BCUT2D eigenvalue weighted by molar-refractivity contribution is -0.302. The first-order chi connectivity index (χ1) is 30.7. The van der Waals surface area contributed by atoms with E-state index >= 15 is 0 Å². The Labute approximate surface area is 384 Å². The summed E-state index contributed by atoms with van der Waals surface area (Å²) in [5.41, 5.74) is 0. The normalized spacial score (nSPS) is 20.1. The molecule has 1 amide bonds. The molecule has 1 rings (SSSR count). The molecule has 7 unspecified atom stereocenters. The van der Waals surface area contributed by atoms with Crippen LogP contribution in [0.2, 0.25) is 0 Å². The summed E-state index contributed by atoms with van der Waals surface area (Å²) < 4.78 is 16.6. The minimum atomic E-state index is -1.58. The maximum Gasteiger partial charge on any atom is 0.305 e. The van der Waals surface area contributed by atoms with E-state index in [4.69, 9.17) is 14.2 Å². The van der Waals surface area contributed by atoms with E-state index < -0.39 is 49.5 Å². The first-order valence-corrected chi connectivity index (χ1v) is 26.1. The highest BCUT2D eigenvalue weighted by Gasteiger charge is 2.44. The second-order valence-electron chi connectivity index (χ2n) is 18.2. The third-order valence-corrected chi connectivity index (χ3v) is 12.3.